The molecule has 3 aromatic carbocycles. The number of carbonyl (C=O) groups is 1. The Bertz CT molecular complexity index is 1010. The second-order valence-electron chi connectivity index (χ2n) is 6.63. The molecule has 0 saturated carbocycles. The molecular weight excluding hydrogens is 364 g/mol. The van der Waals surface area contributed by atoms with Crippen molar-refractivity contribution in [3.8, 4) is 5.75 Å². The van der Waals surface area contributed by atoms with E-state index in [1.54, 1.807) is 6.07 Å². The van der Waals surface area contributed by atoms with Gasteiger partial charge in [-0.05, 0) is 34.7 Å². The van der Waals surface area contributed by atoms with Crippen molar-refractivity contribution in [3.05, 3.63) is 65.7 Å². The molecule has 0 aromatic heterocycles. The van der Waals surface area contributed by atoms with Crippen LogP contribution in [0, 0.1) is 0 Å². The van der Waals surface area contributed by atoms with Crippen LogP contribution in [0.4, 0.5) is 16.2 Å². The van der Waals surface area contributed by atoms with E-state index in [2.05, 4.69) is 0 Å². The average Bonchev–Trinajstić information content (AvgIpc) is 3.06. The molecule has 27 heavy (non-hydrogen) atoms. The van der Waals surface area contributed by atoms with Gasteiger partial charge in [0.2, 0.25) is 0 Å². The number of amides is 1. The summed E-state index contributed by atoms with van der Waals surface area (Å²) in [4.78, 5) is 13.1. The van der Waals surface area contributed by atoms with Gasteiger partial charge in [-0.2, -0.15) is 0 Å². The largest absolute Gasteiger partial charge is 0.488 e. The molecule has 0 bridgehead atoms. The summed E-state index contributed by atoms with van der Waals surface area (Å²) in [6.07, 6.45) is -0.999. The molecule has 1 amide bonds. The number of anilines is 2. The highest BCUT2D eigenvalue weighted by atomic mass is 35.5. The molecule has 3 aromatic rings. The third kappa shape index (κ3) is 3.15. The Morgan fingerprint density at radius 1 is 1.19 bits per heavy atom. The van der Waals surface area contributed by atoms with Gasteiger partial charge >= 0.3 is 6.09 Å². The van der Waals surface area contributed by atoms with Gasteiger partial charge in [-0.25, -0.2) is 4.79 Å². The number of nitrogens with zero attached hydrogens (tertiary/aromatic N) is 1. The van der Waals surface area contributed by atoms with Crippen LogP contribution in [0.1, 0.15) is 17.0 Å². The van der Waals surface area contributed by atoms with E-state index in [1.807, 2.05) is 48.5 Å². The number of hydrogen-bond donors (Lipinski definition) is 2. The van der Waals surface area contributed by atoms with E-state index >= 15 is 0 Å². The van der Waals surface area contributed by atoms with Crippen molar-refractivity contribution in [2.45, 2.75) is 12.5 Å². The normalized spacial score (nSPS) is 15.7. The zero-order valence-electron chi connectivity index (χ0n) is 14.6. The number of carboxylic acid groups (broad SMARTS) is 1. The highest BCUT2D eigenvalue weighted by Gasteiger charge is 2.34. The smallest absolute Gasteiger partial charge is 0.411 e. The summed E-state index contributed by atoms with van der Waals surface area (Å²) < 4.78 is 6.07. The number of alkyl halides is 1. The number of benzene rings is 3. The monoisotopic (exact) mass is 382 g/mol. The summed E-state index contributed by atoms with van der Waals surface area (Å²) in [6.45, 7) is 0.727. The fraction of sp³-hybridized carbons (Fsp3) is 0.190. The quantitative estimate of drug-likeness (QED) is 0.501. The second kappa shape index (κ2) is 7.00. The van der Waals surface area contributed by atoms with Crippen molar-refractivity contribution < 1.29 is 14.6 Å². The van der Waals surface area contributed by atoms with Gasteiger partial charge in [-0.3, -0.25) is 4.90 Å². The summed E-state index contributed by atoms with van der Waals surface area (Å²) in [5.41, 5.74) is 9.20. The highest BCUT2D eigenvalue weighted by Crippen LogP contribution is 2.46. The number of fused-ring (bicyclic) bond motifs is 3. The van der Waals surface area contributed by atoms with Crippen LogP contribution in [0.5, 0.6) is 5.75 Å². The fourth-order valence-corrected chi connectivity index (χ4v) is 3.89. The minimum Gasteiger partial charge on any atom is -0.488 e. The van der Waals surface area contributed by atoms with E-state index in [-0.39, 0.29) is 5.92 Å². The standard InChI is InChI=1S/C21H19ClN2O3/c22-10-14-11-24(21(25)26)18-9-19(27-12-13-4-2-1-3-5-13)16-7-6-15(23)8-17(16)20(14)18/h1-9,14H,10-12,23H2,(H,25,26)/t14-/m1/s1. The Morgan fingerprint density at radius 2 is 1.96 bits per heavy atom. The zero-order chi connectivity index (χ0) is 19.0. The van der Waals surface area contributed by atoms with Crippen molar-refractivity contribution in [3.63, 3.8) is 0 Å². The molecule has 3 N–H and O–H groups in total. The van der Waals surface area contributed by atoms with Gasteiger partial charge in [0.05, 0.1) is 5.69 Å². The van der Waals surface area contributed by atoms with Crippen molar-refractivity contribution >= 4 is 39.8 Å². The molecule has 1 aliphatic rings. The summed E-state index contributed by atoms with van der Waals surface area (Å²) in [7, 11) is 0. The van der Waals surface area contributed by atoms with Crippen LogP contribution in [0.2, 0.25) is 0 Å². The number of hydrogen-bond acceptors (Lipinski definition) is 3. The van der Waals surface area contributed by atoms with E-state index in [0.29, 0.717) is 36.2 Å². The van der Waals surface area contributed by atoms with Gasteiger partial charge < -0.3 is 15.6 Å². The maximum atomic E-state index is 11.7. The molecule has 1 aliphatic heterocycles. The number of halogens is 1. The molecule has 0 radical (unpaired) electrons. The predicted octanol–water partition coefficient (Wildman–Crippen LogP) is 4.82. The van der Waals surface area contributed by atoms with Crippen LogP contribution in [0.25, 0.3) is 10.8 Å². The van der Waals surface area contributed by atoms with Crippen molar-refractivity contribution in [2.24, 2.45) is 0 Å². The first-order valence-electron chi connectivity index (χ1n) is 8.67. The molecule has 1 atom stereocenters. The Morgan fingerprint density at radius 3 is 2.67 bits per heavy atom. The molecule has 0 fully saturated rings. The van der Waals surface area contributed by atoms with Crippen LogP contribution < -0.4 is 15.4 Å². The Balaban J connectivity index is 1.85. The molecule has 6 heteroatoms. The van der Waals surface area contributed by atoms with E-state index < -0.39 is 6.09 Å². The van der Waals surface area contributed by atoms with Crippen LogP contribution >= 0.6 is 11.6 Å². The highest BCUT2D eigenvalue weighted by molar-refractivity contribution is 6.19. The van der Waals surface area contributed by atoms with Gasteiger partial charge in [-0.15, -0.1) is 11.6 Å². The summed E-state index contributed by atoms with van der Waals surface area (Å²) in [5.74, 6) is 0.893. The molecule has 138 valence electrons. The van der Waals surface area contributed by atoms with Gasteiger partial charge in [0.1, 0.15) is 12.4 Å². The first-order chi connectivity index (χ1) is 13.1. The van der Waals surface area contributed by atoms with Gasteiger partial charge in [0.15, 0.2) is 0 Å². The molecule has 5 nitrogen and oxygen atoms in total. The lowest BCUT2D eigenvalue weighted by Crippen LogP contribution is -2.28. The van der Waals surface area contributed by atoms with Crippen LogP contribution in [-0.4, -0.2) is 23.6 Å². The van der Waals surface area contributed by atoms with Crippen LogP contribution in [0.3, 0.4) is 0 Å². The predicted molar refractivity (Wildman–Crippen MR) is 108 cm³/mol. The Hall–Kier alpha value is -2.92. The Labute approximate surface area is 161 Å². The minimum absolute atomic E-state index is 0.0785. The maximum Gasteiger partial charge on any atom is 0.411 e. The molecular formula is C21H19ClN2O3. The third-order valence-corrected chi connectivity index (χ3v) is 5.27. The van der Waals surface area contributed by atoms with Crippen molar-refractivity contribution in [1.82, 2.24) is 0 Å². The van der Waals surface area contributed by atoms with Crippen LogP contribution in [-0.2, 0) is 6.61 Å². The fourth-order valence-electron chi connectivity index (χ4n) is 3.64. The second-order valence-corrected chi connectivity index (χ2v) is 6.94. The van der Waals surface area contributed by atoms with Crippen molar-refractivity contribution in [2.75, 3.05) is 23.1 Å². The molecule has 0 unspecified atom stereocenters. The third-order valence-electron chi connectivity index (χ3n) is 4.90. The molecule has 4 rings (SSSR count). The summed E-state index contributed by atoms with van der Waals surface area (Å²) >= 11 is 6.14. The number of rotatable bonds is 4. The average molecular weight is 383 g/mol. The van der Waals surface area contributed by atoms with Crippen LogP contribution in [0.15, 0.2) is 54.6 Å². The summed E-state index contributed by atoms with van der Waals surface area (Å²) in [6, 6.07) is 17.2. The van der Waals surface area contributed by atoms with E-state index in [4.69, 9.17) is 22.1 Å². The zero-order valence-corrected chi connectivity index (χ0v) is 15.3. The Kier molecular flexibility index (Phi) is 4.54. The maximum absolute atomic E-state index is 11.7. The first kappa shape index (κ1) is 17.5. The van der Waals surface area contributed by atoms with E-state index in [0.717, 1.165) is 21.9 Å². The molecule has 0 saturated heterocycles. The molecule has 0 spiro atoms. The minimum atomic E-state index is -0.999. The first-order valence-corrected chi connectivity index (χ1v) is 9.21. The molecule has 1 heterocycles. The topological polar surface area (TPSA) is 75.8 Å². The number of nitrogens with two attached hydrogens (primary N) is 1. The van der Waals surface area contributed by atoms with E-state index in [1.165, 1.54) is 4.90 Å². The molecule has 0 aliphatic carbocycles. The SMILES string of the molecule is Nc1ccc2c(OCc3ccccc3)cc3c(c2c1)[C@H](CCl)CN3C(=O)O. The van der Waals surface area contributed by atoms with Gasteiger partial charge in [-0.1, -0.05) is 30.3 Å². The number of ether oxygens (including phenoxy) is 1. The van der Waals surface area contributed by atoms with Gasteiger partial charge in [0.25, 0.3) is 0 Å². The lowest BCUT2D eigenvalue weighted by molar-refractivity contribution is 0.202. The van der Waals surface area contributed by atoms with Crippen molar-refractivity contribution in [1.29, 1.82) is 0 Å². The van der Waals surface area contributed by atoms with E-state index in [9.17, 15) is 9.90 Å². The summed E-state index contributed by atoms with van der Waals surface area (Å²) in [5, 5.41) is 11.4. The lowest BCUT2D eigenvalue weighted by atomic mass is 9.95. The lowest BCUT2D eigenvalue weighted by Gasteiger charge is -2.17. The van der Waals surface area contributed by atoms with Gasteiger partial charge in [0, 0.05) is 35.5 Å². The number of nitrogen functional groups attached to an aromatic ring is 1.